The smallest absolute Gasteiger partial charge is 0.264 e. The Bertz CT molecular complexity index is 2260. The Kier molecular flexibility index (Phi) is 10.2. The minimum Gasteiger partial charge on any atom is -0.497 e. The van der Waals surface area contributed by atoms with Gasteiger partial charge in [0.1, 0.15) is 5.75 Å². The lowest BCUT2D eigenvalue weighted by Gasteiger charge is -2.28. The van der Waals surface area contributed by atoms with Crippen molar-refractivity contribution in [3.8, 4) is 5.75 Å². The zero-order valence-corrected chi connectivity index (χ0v) is 29.6. The maximum absolute atomic E-state index is 14.2. The highest BCUT2D eigenvalue weighted by atomic mass is 16.5. The van der Waals surface area contributed by atoms with E-state index in [-0.39, 0.29) is 31.4 Å². The molecule has 2 amide bonds. The van der Waals surface area contributed by atoms with Gasteiger partial charge < -0.3 is 30.2 Å². The van der Waals surface area contributed by atoms with Crippen molar-refractivity contribution < 1.29 is 24.5 Å². The van der Waals surface area contributed by atoms with Crippen LogP contribution in [-0.2, 0) is 34.7 Å². The molecule has 0 aliphatic carbocycles. The summed E-state index contributed by atoms with van der Waals surface area (Å²) in [6, 6.07) is 30.3. The maximum atomic E-state index is 14.2. The van der Waals surface area contributed by atoms with E-state index in [9.17, 15) is 19.8 Å². The predicted molar refractivity (Wildman–Crippen MR) is 203 cm³/mol. The van der Waals surface area contributed by atoms with Crippen LogP contribution in [0.5, 0.6) is 5.75 Å². The summed E-state index contributed by atoms with van der Waals surface area (Å²) >= 11 is 0. The highest BCUT2D eigenvalue weighted by molar-refractivity contribution is 6.07. The van der Waals surface area contributed by atoms with E-state index in [1.54, 1.807) is 34.9 Å². The third kappa shape index (κ3) is 7.21. The number of H-pyrrole nitrogens is 1. The average Bonchev–Trinajstić information content (AvgIpc) is 3.87. The summed E-state index contributed by atoms with van der Waals surface area (Å²) in [5, 5.41) is 34.8. The number of ether oxygens (including phenoxy) is 1. The van der Waals surface area contributed by atoms with Crippen LogP contribution in [0.25, 0.3) is 10.9 Å². The number of anilines is 2. The van der Waals surface area contributed by atoms with Gasteiger partial charge in [0.2, 0.25) is 5.91 Å². The molecule has 4 N–H and O–H groups in total. The summed E-state index contributed by atoms with van der Waals surface area (Å²) in [4.78, 5) is 32.1. The van der Waals surface area contributed by atoms with Gasteiger partial charge >= 0.3 is 0 Å². The number of allylic oxidation sites excluding steroid dienone is 1. The first-order valence-corrected chi connectivity index (χ1v) is 17.7. The molecule has 1 aliphatic heterocycles. The second kappa shape index (κ2) is 15.3. The first-order chi connectivity index (χ1) is 25.8. The summed E-state index contributed by atoms with van der Waals surface area (Å²) in [6.07, 6.45) is 8.28. The number of para-hydroxylation sites is 1. The van der Waals surface area contributed by atoms with Crippen molar-refractivity contribution in [1.29, 1.82) is 0 Å². The number of benzene rings is 4. The number of aromatic nitrogens is 4. The predicted octanol–water partition coefficient (Wildman–Crippen LogP) is 6.09. The fourth-order valence-electron chi connectivity index (χ4n) is 7.08. The molecule has 0 bridgehead atoms. The third-order valence-corrected chi connectivity index (χ3v) is 9.96. The molecule has 11 heteroatoms. The molecule has 1 unspecified atom stereocenters. The van der Waals surface area contributed by atoms with Gasteiger partial charge in [0, 0.05) is 47.0 Å². The van der Waals surface area contributed by atoms with E-state index in [0.717, 1.165) is 27.6 Å². The van der Waals surface area contributed by atoms with E-state index in [2.05, 4.69) is 20.6 Å². The fourth-order valence-corrected chi connectivity index (χ4v) is 7.08. The lowest BCUT2D eigenvalue weighted by molar-refractivity contribution is -0.139. The van der Waals surface area contributed by atoms with Crippen molar-refractivity contribution in [1.82, 2.24) is 20.0 Å². The number of methoxy groups -OCH3 is 1. The van der Waals surface area contributed by atoms with Gasteiger partial charge in [-0.1, -0.05) is 85.0 Å². The standard InChI is InChI=1S/C42H42N6O5/c1-28(11-8-9-20-47-26-38(45-46-47)35(27-49)30-13-4-3-5-14-30)42(52)36-23-33(53-2)18-19-39(36)48(41(42)51)25-29-12-10-15-32(21-29)44-40(50)22-31-24-43-37-17-7-6-16-34(31)37/h3-8,10-19,21,23-24,26,28,35,43,49,52H,9,20,22,25,27H2,1-2H3,(H,44,50)/b11-8+/t28-,35?,42+/m0/s1. The highest BCUT2D eigenvalue weighted by Crippen LogP contribution is 2.47. The van der Waals surface area contributed by atoms with Gasteiger partial charge in [-0.3, -0.25) is 14.3 Å². The lowest BCUT2D eigenvalue weighted by atomic mass is 9.83. The van der Waals surface area contributed by atoms with Gasteiger partial charge in [0.15, 0.2) is 5.60 Å². The molecule has 3 heterocycles. The Morgan fingerprint density at radius 2 is 1.85 bits per heavy atom. The van der Waals surface area contributed by atoms with Crippen LogP contribution >= 0.6 is 0 Å². The molecule has 0 fully saturated rings. The largest absolute Gasteiger partial charge is 0.497 e. The first kappa shape index (κ1) is 35.4. The van der Waals surface area contributed by atoms with E-state index in [1.165, 1.54) is 0 Å². The number of hydrogen-bond donors (Lipinski definition) is 4. The molecule has 0 saturated carbocycles. The molecular weight excluding hydrogens is 668 g/mol. The van der Waals surface area contributed by atoms with Crippen LogP contribution in [0.15, 0.2) is 122 Å². The number of rotatable bonds is 14. The lowest BCUT2D eigenvalue weighted by Crippen LogP contribution is -2.44. The van der Waals surface area contributed by atoms with Gasteiger partial charge in [-0.05, 0) is 59.5 Å². The number of aliphatic hydroxyl groups excluding tert-OH is 1. The summed E-state index contributed by atoms with van der Waals surface area (Å²) in [7, 11) is 1.55. The number of carbonyl (C=O) groups excluding carboxylic acids is 2. The maximum Gasteiger partial charge on any atom is 0.264 e. The van der Waals surface area contributed by atoms with Gasteiger partial charge in [-0.15, -0.1) is 5.10 Å². The van der Waals surface area contributed by atoms with E-state index < -0.39 is 17.4 Å². The molecule has 0 spiro atoms. The number of hydrogen-bond acceptors (Lipinski definition) is 7. The number of aromatic amines is 1. The molecule has 4 aromatic carbocycles. The van der Waals surface area contributed by atoms with Gasteiger partial charge in [-0.25, -0.2) is 0 Å². The molecule has 11 nitrogen and oxygen atoms in total. The topological polar surface area (TPSA) is 146 Å². The molecule has 6 aromatic rings. The van der Waals surface area contributed by atoms with Crippen LogP contribution in [0.3, 0.4) is 0 Å². The van der Waals surface area contributed by atoms with Crippen LogP contribution in [0, 0.1) is 5.92 Å². The third-order valence-electron chi connectivity index (χ3n) is 9.96. The van der Waals surface area contributed by atoms with Crippen molar-refractivity contribution in [3.05, 3.63) is 150 Å². The summed E-state index contributed by atoms with van der Waals surface area (Å²) in [5.74, 6) is -0.901. The van der Waals surface area contributed by atoms with Gasteiger partial charge in [-0.2, -0.15) is 0 Å². The number of nitrogens with zero attached hydrogens (tertiary/aromatic N) is 4. The van der Waals surface area contributed by atoms with Crippen LogP contribution in [0.4, 0.5) is 11.4 Å². The normalized spacial score (nSPS) is 16.6. The van der Waals surface area contributed by atoms with Gasteiger partial charge in [0.25, 0.3) is 5.91 Å². The van der Waals surface area contributed by atoms with Crippen molar-refractivity contribution in [2.24, 2.45) is 5.92 Å². The van der Waals surface area contributed by atoms with Crippen LogP contribution < -0.4 is 15.0 Å². The van der Waals surface area contributed by atoms with Crippen LogP contribution in [-0.4, -0.2) is 55.7 Å². The van der Waals surface area contributed by atoms with Crippen molar-refractivity contribution in [2.75, 3.05) is 23.9 Å². The van der Waals surface area contributed by atoms with E-state index in [0.29, 0.717) is 41.3 Å². The zero-order valence-electron chi connectivity index (χ0n) is 29.6. The number of carbonyl (C=O) groups is 2. The Morgan fingerprint density at radius 3 is 2.66 bits per heavy atom. The molecule has 3 atom stereocenters. The molecule has 53 heavy (non-hydrogen) atoms. The first-order valence-electron chi connectivity index (χ1n) is 17.7. The van der Waals surface area contributed by atoms with Crippen molar-refractivity contribution >= 4 is 34.1 Å². The Morgan fingerprint density at radius 1 is 1.04 bits per heavy atom. The Balaban J connectivity index is 1.03. The second-order valence-corrected chi connectivity index (χ2v) is 13.4. The molecule has 270 valence electrons. The number of amides is 2. The fraction of sp³-hybridized carbons (Fsp3) is 0.238. The minimum absolute atomic E-state index is 0.0789. The van der Waals surface area contributed by atoms with Gasteiger partial charge in [0.05, 0.1) is 44.0 Å². The molecule has 2 aromatic heterocycles. The zero-order chi connectivity index (χ0) is 37.0. The molecule has 0 radical (unpaired) electrons. The summed E-state index contributed by atoms with van der Waals surface area (Å²) < 4.78 is 7.21. The number of nitrogens with one attached hydrogen (secondary N) is 2. The molecule has 0 saturated heterocycles. The number of aryl methyl sites for hydroxylation is 1. The number of aliphatic hydroxyl groups is 2. The second-order valence-electron chi connectivity index (χ2n) is 13.4. The van der Waals surface area contributed by atoms with E-state index >= 15 is 0 Å². The van der Waals surface area contributed by atoms with E-state index in [1.807, 2.05) is 110 Å². The minimum atomic E-state index is -1.84. The molecular formula is C42H42N6O5. The number of fused-ring (bicyclic) bond motifs is 2. The summed E-state index contributed by atoms with van der Waals surface area (Å²) in [6.45, 7) is 2.46. The van der Waals surface area contributed by atoms with E-state index in [4.69, 9.17) is 4.74 Å². The summed E-state index contributed by atoms with van der Waals surface area (Å²) in [5.41, 5.74) is 4.18. The Hall–Kier alpha value is -6.04. The van der Waals surface area contributed by atoms with Crippen molar-refractivity contribution in [2.45, 2.75) is 44.4 Å². The average molecular weight is 711 g/mol. The quantitative estimate of drug-likeness (QED) is 0.100. The van der Waals surface area contributed by atoms with Crippen LogP contribution in [0.1, 0.15) is 47.2 Å². The molecule has 1 aliphatic rings. The van der Waals surface area contributed by atoms with Crippen molar-refractivity contribution in [3.63, 3.8) is 0 Å². The monoisotopic (exact) mass is 710 g/mol. The van der Waals surface area contributed by atoms with Crippen LogP contribution in [0.2, 0.25) is 0 Å². The highest BCUT2D eigenvalue weighted by Gasteiger charge is 2.52. The Labute approximate surface area is 307 Å². The SMILES string of the molecule is COc1ccc2c(c1)[C@](O)([C@@H](C)/C=C/CCn1cc(C(CO)c3ccccc3)nn1)C(=O)N2Cc1cccc(NC(=O)Cc2c[nH]c3ccccc23)c1. The molecule has 7 rings (SSSR count).